The maximum atomic E-state index is 11.7. The van der Waals surface area contributed by atoms with E-state index >= 15 is 0 Å². The lowest BCUT2D eigenvalue weighted by Gasteiger charge is -2.11. The molecule has 0 aliphatic carbocycles. The van der Waals surface area contributed by atoms with Crippen molar-refractivity contribution in [3.63, 3.8) is 0 Å². The minimum absolute atomic E-state index is 0.0325. The van der Waals surface area contributed by atoms with Gasteiger partial charge in [0.15, 0.2) is 0 Å². The molecular weight excluding hydrogens is 267 g/mol. The molecule has 0 bridgehead atoms. The van der Waals surface area contributed by atoms with Gasteiger partial charge in [-0.15, -0.1) is 0 Å². The Bertz CT molecular complexity index is 451. The van der Waals surface area contributed by atoms with Crippen LogP contribution in [0.25, 0.3) is 0 Å². The molecule has 92 valence electrons. The van der Waals surface area contributed by atoms with E-state index in [2.05, 4.69) is 15.0 Å². The molecule has 0 aliphatic heterocycles. The summed E-state index contributed by atoms with van der Waals surface area (Å²) in [4.78, 5) is 26.6. The Balaban J connectivity index is 2.83. The van der Waals surface area contributed by atoms with Crippen molar-refractivity contribution in [2.24, 2.45) is 0 Å². The molecule has 0 spiro atoms. The number of halogens is 2. The number of carbonyl (C=O) groups is 2. The van der Waals surface area contributed by atoms with E-state index in [1.807, 2.05) is 0 Å². The quantitative estimate of drug-likeness (QED) is 0.674. The Hall–Kier alpha value is -1.33. The molecule has 1 aromatic rings. The standard InChI is InChI=1S/C10H10Cl2N2O3/c1-5(10(16)17-2)13-9(15)8-6(11)3-4-7(12)14-8/h3-5H,1-2H3,(H,13,15). The van der Waals surface area contributed by atoms with Crippen LogP contribution in [0.3, 0.4) is 0 Å². The van der Waals surface area contributed by atoms with E-state index in [1.165, 1.54) is 26.2 Å². The second-order valence-electron chi connectivity index (χ2n) is 3.18. The number of rotatable bonds is 3. The third-order valence-corrected chi connectivity index (χ3v) is 2.44. The van der Waals surface area contributed by atoms with Gasteiger partial charge in [-0.3, -0.25) is 4.79 Å². The van der Waals surface area contributed by atoms with E-state index in [9.17, 15) is 9.59 Å². The molecule has 0 fully saturated rings. The molecular formula is C10H10Cl2N2O3. The zero-order valence-electron chi connectivity index (χ0n) is 9.16. The van der Waals surface area contributed by atoms with Crippen molar-refractivity contribution < 1.29 is 14.3 Å². The topological polar surface area (TPSA) is 68.3 Å². The number of ether oxygens (including phenoxy) is 1. The van der Waals surface area contributed by atoms with Crippen LogP contribution in [0.4, 0.5) is 0 Å². The third kappa shape index (κ3) is 3.57. The number of amides is 1. The van der Waals surface area contributed by atoms with Crippen LogP contribution in [0.15, 0.2) is 12.1 Å². The first-order chi connectivity index (χ1) is 7.95. The Kier molecular flexibility index (Phi) is 4.72. The van der Waals surface area contributed by atoms with Crippen LogP contribution in [0.5, 0.6) is 0 Å². The van der Waals surface area contributed by atoms with E-state index in [4.69, 9.17) is 23.2 Å². The highest BCUT2D eigenvalue weighted by atomic mass is 35.5. The predicted molar refractivity (Wildman–Crippen MR) is 63.2 cm³/mol. The molecule has 7 heteroatoms. The van der Waals surface area contributed by atoms with Crippen molar-refractivity contribution >= 4 is 35.1 Å². The maximum Gasteiger partial charge on any atom is 0.328 e. The molecule has 1 N–H and O–H groups in total. The van der Waals surface area contributed by atoms with E-state index in [-0.39, 0.29) is 15.9 Å². The number of aromatic nitrogens is 1. The number of methoxy groups -OCH3 is 1. The van der Waals surface area contributed by atoms with Crippen LogP contribution < -0.4 is 5.32 Å². The van der Waals surface area contributed by atoms with Crippen LogP contribution in [0, 0.1) is 0 Å². The minimum Gasteiger partial charge on any atom is -0.467 e. The lowest BCUT2D eigenvalue weighted by atomic mass is 10.3. The number of hydrogen-bond donors (Lipinski definition) is 1. The SMILES string of the molecule is COC(=O)C(C)NC(=O)c1nc(Cl)ccc1Cl. The van der Waals surface area contributed by atoms with E-state index in [0.717, 1.165) is 0 Å². The van der Waals surface area contributed by atoms with E-state index in [0.29, 0.717) is 0 Å². The maximum absolute atomic E-state index is 11.7. The van der Waals surface area contributed by atoms with E-state index in [1.54, 1.807) is 0 Å². The number of pyridine rings is 1. The van der Waals surface area contributed by atoms with Crippen molar-refractivity contribution in [2.75, 3.05) is 7.11 Å². The van der Waals surface area contributed by atoms with Crippen molar-refractivity contribution in [1.82, 2.24) is 10.3 Å². The van der Waals surface area contributed by atoms with Gasteiger partial charge < -0.3 is 10.1 Å². The first-order valence-corrected chi connectivity index (χ1v) is 5.42. The largest absolute Gasteiger partial charge is 0.467 e. The van der Waals surface area contributed by atoms with Crippen LogP contribution in [-0.4, -0.2) is 30.0 Å². The fourth-order valence-corrected chi connectivity index (χ4v) is 1.42. The average Bonchev–Trinajstić information content (AvgIpc) is 2.30. The Labute approximate surface area is 108 Å². The summed E-state index contributed by atoms with van der Waals surface area (Å²) in [6.07, 6.45) is 0. The molecule has 5 nitrogen and oxygen atoms in total. The molecule has 0 aliphatic rings. The first-order valence-electron chi connectivity index (χ1n) is 4.66. The summed E-state index contributed by atoms with van der Waals surface area (Å²) < 4.78 is 4.47. The average molecular weight is 277 g/mol. The molecule has 0 saturated heterocycles. The molecule has 1 amide bonds. The molecule has 1 unspecified atom stereocenters. The van der Waals surface area contributed by atoms with Crippen LogP contribution in [0.1, 0.15) is 17.4 Å². The summed E-state index contributed by atoms with van der Waals surface area (Å²) in [7, 11) is 1.23. The normalized spacial score (nSPS) is 11.8. The van der Waals surface area contributed by atoms with Gasteiger partial charge >= 0.3 is 5.97 Å². The van der Waals surface area contributed by atoms with Gasteiger partial charge in [-0.25, -0.2) is 9.78 Å². The van der Waals surface area contributed by atoms with E-state index < -0.39 is 17.9 Å². The van der Waals surface area contributed by atoms with Gasteiger partial charge in [0.25, 0.3) is 5.91 Å². The number of carbonyl (C=O) groups excluding carboxylic acids is 2. The summed E-state index contributed by atoms with van der Waals surface area (Å²) in [5.74, 6) is -1.15. The number of hydrogen-bond acceptors (Lipinski definition) is 4. The Morgan fingerprint density at radius 1 is 1.41 bits per heavy atom. The second kappa shape index (κ2) is 5.84. The smallest absolute Gasteiger partial charge is 0.328 e. The molecule has 1 heterocycles. The first kappa shape index (κ1) is 13.7. The van der Waals surface area contributed by atoms with Gasteiger partial charge in [0.05, 0.1) is 12.1 Å². The number of nitrogens with zero attached hydrogens (tertiary/aromatic N) is 1. The number of esters is 1. The summed E-state index contributed by atoms with van der Waals surface area (Å²) in [5.41, 5.74) is -0.0325. The highest BCUT2D eigenvalue weighted by molar-refractivity contribution is 6.34. The van der Waals surface area contributed by atoms with Gasteiger partial charge in [0.2, 0.25) is 0 Å². The lowest BCUT2D eigenvalue weighted by molar-refractivity contribution is -0.142. The highest BCUT2D eigenvalue weighted by Crippen LogP contribution is 2.16. The fraction of sp³-hybridized carbons (Fsp3) is 0.300. The molecule has 17 heavy (non-hydrogen) atoms. The molecule has 0 saturated carbocycles. The predicted octanol–water partition coefficient (Wildman–Crippen LogP) is 1.68. The summed E-state index contributed by atoms with van der Waals surface area (Å²) in [5, 5.41) is 2.70. The summed E-state index contributed by atoms with van der Waals surface area (Å²) in [6, 6.07) is 2.13. The van der Waals surface area contributed by atoms with Crippen molar-refractivity contribution in [2.45, 2.75) is 13.0 Å². The number of nitrogens with one attached hydrogen (secondary N) is 1. The fourth-order valence-electron chi connectivity index (χ4n) is 1.08. The molecule has 1 atom stereocenters. The van der Waals surface area contributed by atoms with Crippen molar-refractivity contribution in [1.29, 1.82) is 0 Å². The van der Waals surface area contributed by atoms with Gasteiger partial charge in [0, 0.05) is 0 Å². The van der Waals surface area contributed by atoms with Gasteiger partial charge in [-0.05, 0) is 19.1 Å². The zero-order chi connectivity index (χ0) is 13.0. The molecule has 0 radical (unpaired) electrons. The highest BCUT2D eigenvalue weighted by Gasteiger charge is 2.19. The van der Waals surface area contributed by atoms with Gasteiger partial charge in [-0.2, -0.15) is 0 Å². The lowest BCUT2D eigenvalue weighted by Crippen LogP contribution is -2.39. The molecule has 1 aromatic heterocycles. The minimum atomic E-state index is -0.788. The van der Waals surface area contributed by atoms with Gasteiger partial charge in [0.1, 0.15) is 16.9 Å². The van der Waals surface area contributed by atoms with Crippen LogP contribution >= 0.6 is 23.2 Å². The summed E-state index contributed by atoms with van der Waals surface area (Å²) in [6.45, 7) is 1.49. The van der Waals surface area contributed by atoms with Crippen molar-refractivity contribution in [3.8, 4) is 0 Å². The van der Waals surface area contributed by atoms with Crippen LogP contribution in [0.2, 0.25) is 10.2 Å². The zero-order valence-corrected chi connectivity index (χ0v) is 10.7. The van der Waals surface area contributed by atoms with Gasteiger partial charge in [-0.1, -0.05) is 23.2 Å². The summed E-state index contributed by atoms with van der Waals surface area (Å²) >= 11 is 11.4. The Morgan fingerprint density at radius 2 is 2.06 bits per heavy atom. The Morgan fingerprint density at radius 3 is 2.65 bits per heavy atom. The molecule has 0 aromatic carbocycles. The third-order valence-electron chi connectivity index (χ3n) is 1.93. The monoisotopic (exact) mass is 276 g/mol. The second-order valence-corrected chi connectivity index (χ2v) is 3.98. The molecule has 1 rings (SSSR count). The van der Waals surface area contributed by atoms with Crippen molar-refractivity contribution in [3.05, 3.63) is 28.0 Å². The van der Waals surface area contributed by atoms with Crippen LogP contribution in [-0.2, 0) is 9.53 Å².